The molecule has 1 unspecified atom stereocenters. The molecule has 0 saturated heterocycles. The van der Waals surface area contributed by atoms with Gasteiger partial charge in [0.05, 0.1) is 6.10 Å². The summed E-state index contributed by atoms with van der Waals surface area (Å²) in [5.41, 5.74) is 0. The van der Waals surface area contributed by atoms with Gasteiger partial charge in [0.15, 0.2) is 0 Å². The van der Waals surface area contributed by atoms with Gasteiger partial charge in [-0.05, 0) is 26.2 Å². The summed E-state index contributed by atoms with van der Waals surface area (Å²) in [6, 6.07) is 1.93. The van der Waals surface area contributed by atoms with Gasteiger partial charge in [-0.15, -0.1) is 11.6 Å². The van der Waals surface area contributed by atoms with Crippen LogP contribution in [0.1, 0.15) is 34.1 Å². The molecular formula is C13H22ClN3O. The van der Waals surface area contributed by atoms with E-state index in [0.29, 0.717) is 23.6 Å². The number of ether oxygens (including phenoxy) is 1. The van der Waals surface area contributed by atoms with Crippen molar-refractivity contribution in [2.75, 3.05) is 11.2 Å². The van der Waals surface area contributed by atoms with Crippen LogP contribution in [-0.4, -0.2) is 28.0 Å². The lowest BCUT2D eigenvalue weighted by Crippen LogP contribution is -2.24. The number of nitrogens with one attached hydrogen (secondary N) is 1. The molecule has 0 aliphatic rings. The summed E-state index contributed by atoms with van der Waals surface area (Å²) >= 11 is 5.94. The van der Waals surface area contributed by atoms with Crippen molar-refractivity contribution in [3.8, 4) is 5.88 Å². The van der Waals surface area contributed by atoms with Crippen LogP contribution in [0.15, 0.2) is 12.3 Å². The van der Waals surface area contributed by atoms with Crippen molar-refractivity contribution in [1.82, 2.24) is 9.97 Å². The molecule has 0 radical (unpaired) electrons. The Labute approximate surface area is 114 Å². The summed E-state index contributed by atoms with van der Waals surface area (Å²) in [4.78, 5) is 8.49. The molecule has 0 spiro atoms. The Morgan fingerprint density at radius 2 is 2.06 bits per heavy atom. The van der Waals surface area contributed by atoms with Crippen molar-refractivity contribution < 1.29 is 4.74 Å². The van der Waals surface area contributed by atoms with Crippen LogP contribution < -0.4 is 10.1 Å². The fourth-order valence-corrected chi connectivity index (χ4v) is 1.83. The van der Waals surface area contributed by atoms with Crippen LogP contribution in [0.3, 0.4) is 0 Å². The highest BCUT2D eigenvalue weighted by Crippen LogP contribution is 2.14. The summed E-state index contributed by atoms with van der Waals surface area (Å²) in [6.45, 7) is 8.27. The molecule has 5 heteroatoms. The van der Waals surface area contributed by atoms with Crippen molar-refractivity contribution in [2.45, 2.75) is 46.3 Å². The molecule has 0 aliphatic heterocycles. The molecule has 0 aliphatic carbocycles. The molecule has 18 heavy (non-hydrogen) atoms. The van der Waals surface area contributed by atoms with Gasteiger partial charge >= 0.3 is 0 Å². The molecule has 1 heterocycles. The predicted molar refractivity (Wildman–Crippen MR) is 75.4 cm³/mol. The lowest BCUT2D eigenvalue weighted by molar-refractivity contribution is 0.232. The average molecular weight is 272 g/mol. The third kappa shape index (κ3) is 5.54. The Morgan fingerprint density at radius 1 is 1.33 bits per heavy atom. The monoisotopic (exact) mass is 271 g/mol. The molecule has 1 N–H and O–H groups in total. The summed E-state index contributed by atoms with van der Waals surface area (Å²) in [5, 5.41) is 3.24. The van der Waals surface area contributed by atoms with Crippen LogP contribution in [0.4, 0.5) is 5.95 Å². The second kappa shape index (κ2) is 7.41. The fourth-order valence-electron chi connectivity index (χ4n) is 1.63. The van der Waals surface area contributed by atoms with Crippen LogP contribution in [0, 0.1) is 5.92 Å². The summed E-state index contributed by atoms with van der Waals surface area (Å²) in [7, 11) is 0. The Morgan fingerprint density at radius 3 is 2.61 bits per heavy atom. The van der Waals surface area contributed by atoms with E-state index in [4.69, 9.17) is 16.3 Å². The van der Waals surface area contributed by atoms with E-state index < -0.39 is 0 Å². The number of aromatic nitrogens is 2. The number of hydrogen-bond acceptors (Lipinski definition) is 4. The van der Waals surface area contributed by atoms with Crippen LogP contribution >= 0.6 is 11.6 Å². The predicted octanol–water partition coefficient (Wildman–Crippen LogP) is 3.33. The van der Waals surface area contributed by atoms with E-state index in [2.05, 4.69) is 29.1 Å². The van der Waals surface area contributed by atoms with E-state index in [-0.39, 0.29) is 12.1 Å². The molecule has 1 aromatic rings. The first-order valence-electron chi connectivity index (χ1n) is 6.33. The molecule has 1 rings (SSSR count). The zero-order valence-corrected chi connectivity index (χ0v) is 12.2. The van der Waals surface area contributed by atoms with Crippen LogP contribution in [0.5, 0.6) is 5.88 Å². The van der Waals surface area contributed by atoms with Gasteiger partial charge in [-0.2, -0.15) is 4.98 Å². The smallest absolute Gasteiger partial charge is 0.226 e. The zero-order chi connectivity index (χ0) is 13.5. The van der Waals surface area contributed by atoms with E-state index in [1.54, 1.807) is 12.3 Å². The zero-order valence-electron chi connectivity index (χ0n) is 11.5. The number of nitrogens with zero attached hydrogens (tertiary/aromatic N) is 2. The SMILES string of the molecule is CC(C)CC(CCl)Nc1nccc(OC(C)C)n1. The molecule has 0 amide bonds. The van der Waals surface area contributed by atoms with Gasteiger partial charge in [-0.1, -0.05) is 13.8 Å². The van der Waals surface area contributed by atoms with Crippen LogP contribution in [0.25, 0.3) is 0 Å². The Bertz CT molecular complexity index is 358. The van der Waals surface area contributed by atoms with Gasteiger partial charge in [-0.3, -0.25) is 0 Å². The van der Waals surface area contributed by atoms with Gasteiger partial charge in [0.2, 0.25) is 11.8 Å². The highest BCUT2D eigenvalue weighted by atomic mass is 35.5. The Kier molecular flexibility index (Phi) is 6.19. The van der Waals surface area contributed by atoms with Gasteiger partial charge in [0, 0.05) is 24.2 Å². The van der Waals surface area contributed by atoms with Gasteiger partial charge in [-0.25, -0.2) is 4.98 Å². The Balaban J connectivity index is 2.65. The second-order valence-corrected chi connectivity index (χ2v) is 5.32. The molecule has 1 aromatic heterocycles. The van der Waals surface area contributed by atoms with Crippen molar-refractivity contribution in [3.05, 3.63) is 12.3 Å². The lowest BCUT2D eigenvalue weighted by atomic mass is 10.1. The normalized spacial score (nSPS) is 12.8. The average Bonchev–Trinajstić information content (AvgIpc) is 2.27. The number of alkyl halides is 1. The quantitative estimate of drug-likeness (QED) is 0.773. The number of rotatable bonds is 7. The Hall–Kier alpha value is -1.03. The lowest BCUT2D eigenvalue weighted by Gasteiger charge is -2.18. The molecule has 0 fully saturated rings. The van der Waals surface area contributed by atoms with Gasteiger partial charge in [0.1, 0.15) is 0 Å². The topological polar surface area (TPSA) is 47.0 Å². The van der Waals surface area contributed by atoms with E-state index >= 15 is 0 Å². The van der Waals surface area contributed by atoms with E-state index in [1.165, 1.54) is 0 Å². The van der Waals surface area contributed by atoms with Crippen molar-refractivity contribution in [3.63, 3.8) is 0 Å². The third-order valence-corrected chi connectivity index (χ3v) is 2.63. The molecule has 102 valence electrons. The van der Waals surface area contributed by atoms with Crippen LogP contribution in [-0.2, 0) is 0 Å². The highest BCUT2D eigenvalue weighted by molar-refractivity contribution is 6.18. The maximum atomic E-state index is 5.94. The summed E-state index contributed by atoms with van der Waals surface area (Å²) < 4.78 is 5.53. The molecule has 0 saturated carbocycles. The van der Waals surface area contributed by atoms with Crippen molar-refractivity contribution in [1.29, 1.82) is 0 Å². The first-order valence-corrected chi connectivity index (χ1v) is 6.87. The molecule has 0 bridgehead atoms. The number of halogens is 1. The highest BCUT2D eigenvalue weighted by Gasteiger charge is 2.11. The van der Waals surface area contributed by atoms with Gasteiger partial charge < -0.3 is 10.1 Å². The minimum atomic E-state index is 0.104. The summed E-state index contributed by atoms with van der Waals surface area (Å²) in [6.07, 6.45) is 2.78. The van der Waals surface area contributed by atoms with Crippen molar-refractivity contribution >= 4 is 17.5 Å². The summed E-state index contributed by atoms with van der Waals surface area (Å²) in [5.74, 6) is 2.27. The maximum absolute atomic E-state index is 5.94. The minimum absolute atomic E-state index is 0.104. The van der Waals surface area contributed by atoms with Crippen LogP contribution in [0.2, 0.25) is 0 Å². The molecule has 4 nitrogen and oxygen atoms in total. The number of anilines is 1. The minimum Gasteiger partial charge on any atom is -0.475 e. The van der Waals surface area contributed by atoms with E-state index in [9.17, 15) is 0 Å². The van der Waals surface area contributed by atoms with E-state index in [0.717, 1.165) is 6.42 Å². The maximum Gasteiger partial charge on any atom is 0.226 e. The van der Waals surface area contributed by atoms with E-state index in [1.807, 2.05) is 13.8 Å². The van der Waals surface area contributed by atoms with Crippen molar-refractivity contribution in [2.24, 2.45) is 5.92 Å². The standard InChI is InChI=1S/C13H22ClN3O/c1-9(2)7-11(8-14)16-13-15-6-5-12(17-13)18-10(3)4/h5-6,9-11H,7-8H2,1-4H3,(H,15,16,17). The van der Waals surface area contributed by atoms with Gasteiger partial charge in [0.25, 0.3) is 0 Å². The fraction of sp³-hybridized carbons (Fsp3) is 0.692. The molecule has 0 aromatic carbocycles. The third-order valence-electron chi connectivity index (χ3n) is 2.26. The largest absolute Gasteiger partial charge is 0.475 e. The molecular weight excluding hydrogens is 250 g/mol. The first-order chi connectivity index (χ1) is 8.51. The molecule has 1 atom stereocenters. The number of hydrogen-bond donors (Lipinski definition) is 1. The second-order valence-electron chi connectivity index (χ2n) is 5.01. The first kappa shape index (κ1) is 15.0.